The summed E-state index contributed by atoms with van der Waals surface area (Å²) < 4.78 is 0. The fourth-order valence-corrected chi connectivity index (χ4v) is 1.73. The molecule has 1 nitrogen and oxygen atoms in total. The maximum absolute atomic E-state index is 10.8. The van der Waals surface area contributed by atoms with Crippen LogP contribution in [0.4, 0.5) is 0 Å². The summed E-state index contributed by atoms with van der Waals surface area (Å²) >= 11 is 0. The van der Waals surface area contributed by atoms with Gasteiger partial charge in [-0.1, -0.05) is 24.3 Å². The van der Waals surface area contributed by atoms with Crippen LogP contribution in [0.1, 0.15) is 21.5 Å². The fraction of sp³-hybridized carbons (Fsp3) is 0.154. The van der Waals surface area contributed by atoms with Crippen LogP contribution in [-0.2, 0) is 0 Å². The topological polar surface area (TPSA) is 17.1 Å². The van der Waals surface area contributed by atoms with Gasteiger partial charge in [0.2, 0.25) is 0 Å². The van der Waals surface area contributed by atoms with Crippen LogP contribution in [0.3, 0.4) is 0 Å². The molecule has 0 bridgehead atoms. The second kappa shape index (κ2) is 3.26. The van der Waals surface area contributed by atoms with Gasteiger partial charge in [0.05, 0.1) is 0 Å². The predicted molar refractivity (Wildman–Crippen MR) is 58.8 cm³/mol. The molecule has 0 saturated heterocycles. The summed E-state index contributed by atoms with van der Waals surface area (Å²) in [6.07, 6.45) is 0.914. The summed E-state index contributed by atoms with van der Waals surface area (Å²) in [5.74, 6) is 0. The smallest absolute Gasteiger partial charge is 0.150 e. The van der Waals surface area contributed by atoms with Gasteiger partial charge in [0.1, 0.15) is 6.29 Å². The lowest BCUT2D eigenvalue weighted by Crippen LogP contribution is -1.87. The molecule has 0 unspecified atom stereocenters. The van der Waals surface area contributed by atoms with E-state index >= 15 is 0 Å². The molecule has 70 valence electrons. The predicted octanol–water partition coefficient (Wildman–Crippen LogP) is 3.27. The maximum atomic E-state index is 10.8. The number of fused-ring (bicyclic) bond motifs is 1. The molecule has 0 aliphatic heterocycles. The first-order chi connectivity index (χ1) is 6.72. The van der Waals surface area contributed by atoms with Crippen LogP contribution < -0.4 is 0 Å². The minimum absolute atomic E-state index is 0.781. The minimum atomic E-state index is 0.781. The number of hydrogen-bond acceptors (Lipinski definition) is 1. The number of carbonyl (C=O) groups excluding carboxylic acids is 1. The van der Waals surface area contributed by atoms with E-state index in [-0.39, 0.29) is 0 Å². The summed E-state index contributed by atoms with van der Waals surface area (Å²) in [6, 6.07) is 10.2. The zero-order chi connectivity index (χ0) is 10.1. The van der Waals surface area contributed by atoms with Gasteiger partial charge >= 0.3 is 0 Å². The van der Waals surface area contributed by atoms with Gasteiger partial charge in [-0.2, -0.15) is 0 Å². The molecule has 14 heavy (non-hydrogen) atoms. The van der Waals surface area contributed by atoms with Crippen molar-refractivity contribution in [1.82, 2.24) is 0 Å². The van der Waals surface area contributed by atoms with E-state index in [1.165, 1.54) is 10.9 Å². The molecule has 0 radical (unpaired) electrons. The molecule has 2 rings (SSSR count). The van der Waals surface area contributed by atoms with E-state index in [0.29, 0.717) is 0 Å². The van der Waals surface area contributed by atoms with Crippen molar-refractivity contribution in [3.63, 3.8) is 0 Å². The Balaban J connectivity index is 2.85. The molecule has 0 aromatic heterocycles. The van der Waals surface area contributed by atoms with Crippen molar-refractivity contribution in [2.75, 3.05) is 0 Å². The molecular formula is C13H12O. The highest BCUT2D eigenvalue weighted by atomic mass is 16.1. The Bertz CT molecular complexity index is 498. The highest BCUT2D eigenvalue weighted by Gasteiger charge is 2.01. The van der Waals surface area contributed by atoms with Crippen molar-refractivity contribution in [2.24, 2.45) is 0 Å². The van der Waals surface area contributed by atoms with Gasteiger partial charge < -0.3 is 0 Å². The second-order valence-electron chi connectivity index (χ2n) is 3.62. The highest BCUT2D eigenvalue weighted by Crippen LogP contribution is 2.21. The molecule has 0 spiro atoms. The number of hydrogen-bond donors (Lipinski definition) is 0. The largest absolute Gasteiger partial charge is 0.298 e. The van der Waals surface area contributed by atoms with Crippen molar-refractivity contribution >= 4 is 17.1 Å². The van der Waals surface area contributed by atoms with Crippen LogP contribution >= 0.6 is 0 Å². The molecule has 0 aliphatic rings. The van der Waals surface area contributed by atoms with Crippen LogP contribution in [0.5, 0.6) is 0 Å². The molecule has 0 N–H and O–H groups in total. The van der Waals surface area contributed by atoms with Crippen molar-refractivity contribution < 1.29 is 4.79 Å². The van der Waals surface area contributed by atoms with Gasteiger partial charge in [-0.05, 0) is 41.8 Å². The van der Waals surface area contributed by atoms with Crippen molar-refractivity contribution in [3.8, 4) is 0 Å². The molecule has 0 atom stereocenters. The monoisotopic (exact) mass is 184 g/mol. The quantitative estimate of drug-likeness (QED) is 0.622. The Morgan fingerprint density at radius 2 is 1.86 bits per heavy atom. The molecule has 0 heterocycles. The van der Waals surface area contributed by atoms with Crippen LogP contribution in [-0.4, -0.2) is 6.29 Å². The van der Waals surface area contributed by atoms with Gasteiger partial charge in [0.25, 0.3) is 0 Å². The van der Waals surface area contributed by atoms with Gasteiger partial charge in [0, 0.05) is 5.56 Å². The molecule has 1 heteroatoms. The zero-order valence-electron chi connectivity index (χ0n) is 8.37. The molecule has 0 fully saturated rings. The van der Waals surface area contributed by atoms with Crippen LogP contribution in [0.2, 0.25) is 0 Å². The van der Waals surface area contributed by atoms with Crippen molar-refractivity contribution in [3.05, 3.63) is 47.0 Å². The third-order valence-corrected chi connectivity index (χ3v) is 2.61. The highest BCUT2D eigenvalue weighted by molar-refractivity contribution is 5.92. The Morgan fingerprint density at radius 1 is 1.07 bits per heavy atom. The molecule has 0 amide bonds. The summed E-state index contributed by atoms with van der Waals surface area (Å²) in [5, 5.41) is 2.37. The summed E-state index contributed by atoms with van der Waals surface area (Å²) in [5.41, 5.74) is 3.08. The lowest BCUT2D eigenvalue weighted by molar-refractivity contribution is 0.112. The number of aryl methyl sites for hydroxylation is 2. The van der Waals surface area contributed by atoms with E-state index in [2.05, 4.69) is 19.1 Å². The first kappa shape index (κ1) is 8.95. The maximum Gasteiger partial charge on any atom is 0.150 e. The summed E-state index contributed by atoms with van der Waals surface area (Å²) in [6.45, 7) is 4.05. The van der Waals surface area contributed by atoms with E-state index in [4.69, 9.17) is 0 Å². The third kappa shape index (κ3) is 1.31. The first-order valence-electron chi connectivity index (χ1n) is 4.67. The zero-order valence-corrected chi connectivity index (χ0v) is 8.37. The number of benzene rings is 2. The lowest BCUT2D eigenvalue weighted by Gasteiger charge is -2.05. The van der Waals surface area contributed by atoms with Gasteiger partial charge in [0.15, 0.2) is 0 Å². The summed E-state index contributed by atoms with van der Waals surface area (Å²) in [4.78, 5) is 10.8. The minimum Gasteiger partial charge on any atom is -0.298 e. The SMILES string of the molecule is Cc1cc2c(C)cccc2cc1C=O. The summed E-state index contributed by atoms with van der Waals surface area (Å²) in [7, 11) is 0. The average Bonchev–Trinajstić information content (AvgIpc) is 2.19. The first-order valence-corrected chi connectivity index (χ1v) is 4.67. The van der Waals surface area contributed by atoms with E-state index in [1.807, 2.05) is 25.1 Å². The lowest BCUT2D eigenvalue weighted by atomic mass is 9.99. The van der Waals surface area contributed by atoms with Gasteiger partial charge in [-0.25, -0.2) is 0 Å². The number of rotatable bonds is 1. The van der Waals surface area contributed by atoms with E-state index in [9.17, 15) is 4.79 Å². The van der Waals surface area contributed by atoms with Crippen molar-refractivity contribution in [1.29, 1.82) is 0 Å². The van der Waals surface area contributed by atoms with Crippen molar-refractivity contribution in [2.45, 2.75) is 13.8 Å². The average molecular weight is 184 g/mol. The Morgan fingerprint density at radius 3 is 2.57 bits per heavy atom. The number of aldehydes is 1. The van der Waals surface area contributed by atoms with Crippen LogP contribution in [0.15, 0.2) is 30.3 Å². The van der Waals surface area contributed by atoms with E-state index < -0.39 is 0 Å². The Hall–Kier alpha value is -1.63. The third-order valence-electron chi connectivity index (χ3n) is 2.61. The molecule has 2 aromatic rings. The van der Waals surface area contributed by atoms with Crippen LogP contribution in [0, 0.1) is 13.8 Å². The van der Waals surface area contributed by atoms with Gasteiger partial charge in [-0.15, -0.1) is 0 Å². The molecule has 2 aromatic carbocycles. The Kier molecular flexibility index (Phi) is 2.08. The van der Waals surface area contributed by atoms with Gasteiger partial charge in [-0.3, -0.25) is 4.79 Å². The fourth-order valence-electron chi connectivity index (χ4n) is 1.73. The molecule has 0 saturated carbocycles. The second-order valence-corrected chi connectivity index (χ2v) is 3.62. The Labute approximate surface area is 83.4 Å². The normalized spacial score (nSPS) is 10.4. The standard InChI is InChI=1S/C13H12O/c1-9-4-3-5-11-7-12(8-14)10(2)6-13(9)11/h3-8H,1-2H3. The molecular weight excluding hydrogens is 172 g/mol. The van der Waals surface area contributed by atoms with E-state index in [0.717, 1.165) is 22.8 Å². The number of carbonyl (C=O) groups is 1. The molecule has 0 aliphatic carbocycles. The van der Waals surface area contributed by atoms with Crippen LogP contribution in [0.25, 0.3) is 10.8 Å². The van der Waals surface area contributed by atoms with E-state index in [1.54, 1.807) is 0 Å².